The number of hydrogen-bond acceptors (Lipinski definition) is 4. The molecule has 2 aromatic heterocycles. The number of rotatable bonds is 3. The van der Waals surface area contributed by atoms with Crippen LogP contribution in [-0.2, 0) is 4.74 Å². The van der Waals surface area contributed by atoms with Crippen LogP contribution in [0, 0.1) is 0 Å². The molecule has 0 fully saturated rings. The fourth-order valence-corrected chi connectivity index (χ4v) is 1.42. The van der Waals surface area contributed by atoms with E-state index in [9.17, 15) is 4.79 Å². The summed E-state index contributed by atoms with van der Waals surface area (Å²) in [6.07, 6.45) is 4.80. The minimum Gasteiger partial charge on any atom is -0.460 e. The number of ether oxygens (including phenoxy) is 1. The molecule has 2 heterocycles. The minimum atomic E-state index is -0.445. The number of furan rings is 1. The van der Waals surface area contributed by atoms with Gasteiger partial charge in [0.2, 0.25) is 5.76 Å². The molecule has 82 valence electrons. The lowest BCUT2D eigenvalue weighted by molar-refractivity contribution is 0.0491. The SMILES string of the molecule is CCOC(=O)c1occc1-c1ccncc1. The van der Waals surface area contributed by atoms with E-state index in [2.05, 4.69) is 4.98 Å². The number of hydrogen-bond donors (Lipinski definition) is 0. The average Bonchev–Trinajstić information content (AvgIpc) is 2.79. The second-order valence-corrected chi connectivity index (χ2v) is 3.12. The van der Waals surface area contributed by atoms with Crippen LogP contribution in [0.25, 0.3) is 11.1 Å². The molecule has 0 bridgehead atoms. The van der Waals surface area contributed by atoms with Crippen molar-refractivity contribution in [2.24, 2.45) is 0 Å². The van der Waals surface area contributed by atoms with E-state index >= 15 is 0 Å². The van der Waals surface area contributed by atoms with Crippen LogP contribution in [0.4, 0.5) is 0 Å². The van der Waals surface area contributed by atoms with Crippen molar-refractivity contribution in [1.29, 1.82) is 0 Å². The molecule has 16 heavy (non-hydrogen) atoms. The second kappa shape index (κ2) is 4.61. The first kappa shape index (κ1) is 10.4. The van der Waals surface area contributed by atoms with Gasteiger partial charge in [-0.1, -0.05) is 0 Å². The summed E-state index contributed by atoms with van der Waals surface area (Å²) >= 11 is 0. The van der Waals surface area contributed by atoms with Crippen molar-refractivity contribution in [3.63, 3.8) is 0 Å². The molecule has 0 aromatic carbocycles. The Bertz CT molecular complexity index is 476. The Hall–Kier alpha value is -2.10. The molecule has 0 atom stereocenters. The Balaban J connectivity index is 2.37. The van der Waals surface area contributed by atoms with E-state index in [1.165, 1.54) is 6.26 Å². The van der Waals surface area contributed by atoms with Gasteiger partial charge in [0, 0.05) is 18.0 Å². The third kappa shape index (κ3) is 1.95. The molecule has 0 aliphatic carbocycles. The first-order chi connectivity index (χ1) is 7.83. The monoisotopic (exact) mass is 217 g/mol. The molecular formula is C12H11NO3. The molecule has 0 amide bonds. The molecule has 4 nitrogen and oxygen atoms in total. The number of carbonyl (C=O) groups excluding carboxylic acids is 1. The van der Waals surface area contributed by atoms with E-state index in [4.69, 9.17) is 9.15 Å². The maximum atomic E-state index is 11.6. The Kier molecular flexibility index (Phi) is 3.00. The van der Waals surface area contributed by atoms with Gasteiger partial charge in [0.25, 0.3) is 0 Å². The van der Waals surface area contributed by atoms with Crippen LogP contribution >= 0.6 is 0 Å². The summed E-state index contributed by atoms with van der Waals surface area (Å²) in [5.74, 6) is -0.215. The highest BCUT2D eigenvalue weighted by Crippen LogP contribution is 2.24. The lowest BCUT2D eigenvalue weighted by atomic mass is 10.1. The largest absolute Gasteiger partial charge is 0.460 e. The van der Waals surface area contributed by atoms with Gasteiger partial charge >= 0.3 is 5.97 Å². The van der Waals surface area contributed by atoms with Gasteiger partial charge in [0.15, 0.2) is 0 Å². The highest BCUT2D eigenvalue weighted by atomic mass is 16.5. The zero-order chi connectivity index (χ0) is 11.4. The van der Waals surface area contributed by atoms with Crippen molar-refractivity contribution in [2.45, 2.75) is 6.92 Å². The maximum absolute atomic E-state index is 11.6. The first-order valence-corrected chi connectivity index (χ1v) is 4.98. The molecule has 2 rings (SSSR count). The summed E-state index contributed by atoms with van der Waals surface area (Å²) in [5.41, 5.74) is 1.60. The van der Waals surface area contributed by atoms with Gasteiger partial charge in [0.1, 0.15) is 0 Å². The van der Waals surface area contributed by atoms with Gasteiger partial charge in [-0.05, 0) is 30.7 Å². The predicted octanol–water partition coefficient (Wildman–Crippen LogP) is 2.52. The van der Waals surface area contributed by atoms with Gasteiger partial charge in [0.05, 0.1) is 12.9 Å². The summed E-state index contributed by atoms with van der Waals surface area (Å²) in [6.45, 7) is 2.09. The normalized spacial score (nSPS) is 10.1. The number of pyridine rings is 1. The predicted molar refractivity (Wildman–Crippen MR) is 57.9 cm³/mol. The lowest BCUT2D eigenvalue weighted by Crippen LogP contribution is -2.04. The number of nitrogens with zero attached hydrogens (tertiary/aromatic N) is 1. The average molecular weight is 217 g/mol. The van der Waals surface area contributed by atoms with Crippen LogP contribution in [0.15, 0.2) is 41.3 Å². The zero-order valence-corrected chi connectivity index (χ0v) is 8.84. The van der Waals surface area contributed by atoms with Crippen molar-refractivity contribution >= 4 is 5.97 Å². The van der Waals surface area contributed by atoms with Crippen LogP contribution < -0.4 is 0 Å². The van der Waals surface area contributed by atoms with Crippen molar-refractivity contribution in [2.75, 3.05) is 6.61 Å². The van der Waals surface area contributed by atoms with Crippen molar-refractivity contribution in [1.82, 2.24) is 4.98 Å². The second-order valence-electron chi connectivity index (χ2n) is 3.12. The van der Waals surface area contributed by atoms with Crippen LogP contribution in [-0.4, -0.2) is 17.6 Å². The lowest BCUT2D eigenvalue weighted by Gasteiger charge is -2.01. The Morgan fingerprint density at radius 1 is 1.38 bits per heavy atom. The van der Waals surface area contributed by atoms with Gasteiger partial charge in [-0.2, -0.15) is 0 Å². The first-order valence-electron chi connectivity index (χ1n) is 4.98. The van der Waals surface area contributed by atoms with Crippen LogP contribution in [0.2, 0.25) is 0 Å². The van der Waals surface area contributed by atoms with Crippen molar-refractivity contribution < 1.29 is 13.9 Å². The number of carbonyl (C=O) groups is 1. The van der Waals surface area contributed by atoms with Crippen molar-refractivity contribution in [3.8, 4) is 11.1 Å². The van der Waals surface area contributed by atoms with E-state index in [1.54, 1.807) is 25.4 Å². The summed E-state index contributed by atoms with van der Waals surface area (Å²) in [5, 5.41) is 0. The van der Waals surface area contributed by atoms with E-state index in [1.807, 2.05) is 12.1 Å². The highest BCUT2D eigenvalue weighted by molar-refractivity contribution is 5.94. The molecule has 0 saturated heterocycles. The molecule has 4 heteroatoms. The summed E-state index contributed by atoms with van der Waals surface area (Å²) in [6, 6.07) is 5.36. The standard InChI is InChI=1S/C12H11NO3/c1-2-15-12(14)11-10(5-8-16-11)9-3-6-13-7-4-9/h3-8H,2H2,1H3. The Morgan fingerprint density at radius 2 is 2.12 bits per heavy atom. The molecule has 0 saturated carbocycles. The zero-order valence-electron chi connectivity index (χ0n) is 8.84. The fraction of sp³-hybridized carbons (Fsp3) is 0.167. The van der Waals surface area contributed by atoms with Crippen molar-refractivity contribution in [3.05, 3.63) is 42.6 Å². The molecule has 0 N–H and O–H groups in total. The third-order valence-corrected chi connectivity index (χ3v) is 2.12. The number of esters is 1. The minimum absolute atomic E-state index is 0.230. The Morgan fingerprint density at radius 3 is 2.81 bits per heavy atom. The molecule has 0 spiro atoms. The number of aromatic nitrogens is 1. The van der Waals surface area contributed by atoms with Crippen LogP contribution in [0.3, 0.4) is 0 Å². The van der Waals surface area contributed by atoms with E-state index < -0.39 is 5.97 Å². The third-order valence-electron chi connectivity index (χ3n) is 2.12. The van der Waals surface area contributed by atoms with E-state index in [0.29, 0.717) is 6.61 Å². The summed E-state index contributed by atoms with van der Waals surface area (Å²) < 4.78 is 10.0. The van der Waals surface area contributed by atoms with Gasteiger partial charge < -0.3 is 9.15 Å². The molecule has 0 unspecified atom stereocenters. The topological polar surface area (TPSA) is 52.3 Å². The molecule has 2 aromatic rings. The highest BCUT2D eigenvalue weighted by Gasteiger charge is 2.17. The Labute approximate surface area is 92.9 Å². The van der Waals surface area contributed by atoms with E-state index in [-0.39, 0.29) is 5.76 Å². The maximum Gasteiger partial charge on any atom is 0.374 e. The van der Waals surface area contributed by atoms with Crippen LogP contribution in [0.5, 0.6) is 0 Å². The smallest absolute Gasteiger partial charge is 0.374 e. The summed E-state index contributed by atoms with van der Waals surface area (Å²) in [4.78, 5) is 15.5. The molecule has 0 radical (unpaired) electrons. The van der Waals surface area contributed by atoms with Gasteiger partial charge in [-0.25, -0.2) is 4.79 Å². The fourth-order valence-electron chi connectivity index (χ4n) is 1.42. The van der Waals surface area contributed by atoms with Gasteiger partial charge in [-0.15, -0.1) is 0 Å². The summed E-state index contributed by atoms with van der Waals surface area (Å²) in [7, 11) is 0. The van der Waals surface area contributed by atoms with Crippen LogP contribution in [0.1, 0.15) is 17.5 Å². The molecule has 0 aliphatic heterocycles. The van der Waals surface area contributed by atoms with E-state index in [0.717, 1.165) is 11.1 Å². The molecular weight excluding hydrogens is 206 g/mol. The molecule has 0 aliphatic rings. The van der Waals surface area contributed by atoms with Gasteiger partial charge in [-0.3, -0.25) is 4.98 Å². The quantitative estimate of drug-likeness (QED) is 0.741.